The lowest BCUT2D eigenvalue weighted by atomic mass is 10.1. The number of urea groups is 1. The minimum Gasteiger partial charge on any atom is -0.492 e. The van der Waals surface area contributed by atoms with Crippen LogP contribution in [0.25, 0.3) is 0 Å². The molecule has 0 unspecified atom stereocenters. The lowest BCUT2D eigenvalue weighted by molar-refractivity contribution is 0.236. The zero-order valence-corrected chi connectivity index (χ0v) is 14.6. The molecular formula is C17H16Cl2F2N2O2. The molecule has 2 N–H and O–H groups in total. The predicted molar refractivity (Wildman–Crippen MR) is 93.4 cm³/mol. The maximum absolute atomic E-state index is 13.0. The Hall–Kier alpha value is -2.05. The number of ether oxygens (including phenoxy) is 1. The van der Waals surface area contributed by atoms with Gasteiger partial charge in [-0.1, -0.05) is 29.3 Å². The zero-order valence-electron chi connectivity index (χ0n) is 13.1. The molecule has 2 rings (SSSR count). The third-order valence-corrected chi connectivity index (χ3v) is 3.83. The van der Waals surface area contributed by atoms with Gasteiger partial charge < -0.3 is 15.4 Å². The van der Waals surface area contributed by atoms with Gasteiger partial charge in [-0.2, -0.15) is 0 Å². The van der Waals surface area contributed by atoms with E-state index in [1.54, 1.807) is 18.2 Å². The van der Waals surface area contributed by atoms with Gasteiger partial charge in [0.15, 0.2) is 11.6 Å². The molecule has 0 fully saturated rings. The summed E-state index contributed by atoms with van der Waals surface area (Å²) in [6.45, 7) is 0.741. The standard InChI is InChI=1S/C17H16Cl2F2N2O2/c18-12-2-1-11(14(19)9-12)5-6-22-17(24)23-7-8-25-13-3-4-15(20)16(21)10-13/h1-4,9-10H,5-8H2,(H2,22,23,24). The molecule has 2 aromatic carbocycles. The molecule has 2 aromatic rings. The van der Waals surface area contributed by atoms with E-state index in [0.29, 0.717) is 23.0 Å². The van der Waals surface area contributed by atoms with Gasteiger partial charge in [-0.15, -0.1) is 0 Å². The van der Waals surface area contributed by atoms with Crippen molar-refractivity contribution in [1.82, 2.24) is 10.6 Å². The lowest BCUT2D eigenvalue weighted by Gasteiger charge is -2.10. The van der Waals surface area contributed by atoms with E-state index in [0.717, 1.165) is 17.7 Å². The highest BCUT2D eigenvalue weighted by molar-refractivity contribution is 6.35. The number of benzene rings is 2. The molecule has 0 spiro atoms. The SMILES string of the molecule is O=C(NCCOc1ccc(F)c(F)c1)NCCc1ccc(Cl)cc1Cl. The second-order valence-electron chi connectivity index (χ2n) is 5.09. The fourth-order valence-corrected chi connectivity index (χ4v) is 2.50. The van der Waals surface area contributed by atoms with Crippen LogP contribution in [0.4, 0.5) is 13.6 Å². The van der Waals surface area contributed by atoms with Crippen LogP contribution in [0.2, 0.25) is 10.0 Å². The molecule has 0 saturated heterocycles. The first-order valence-corrected chi connectivity index (χ1v) is 8.25. The minimum atomic E-state index is -0.982. The number of carbonyl (C=O) groups excluding carboxylic acids is 1. The first kappa shape index (κ1) is 19.3. The number of carbonyl (C=O) groups is 1. The van der Waals surface area contributed by atoms with E-state index >= 15 is 0 Å². The van der Waals surface area contributed by atoms with Crippen LogP contribution in [0.1, 0.15) is 5.56 Å². The van der Waals surface area contributed by atoms with E-state index in [1.165, 1.54) is 6.07 Å². The van der Waals surface area contributed by atoms with Crippen LogP contribution in [-0.4, -0.2) is 25.7 Å². The molecule has 8 heteroatoms. The molecule has 0 radical (unpaired) electrons. The third-order valence-electron chi connectivity index (χ3n) is 3.24. The second-order valence-corrected chi connectivity index (χ2v) is 5.94. The number of halogens is 4. The Labute approximate surface area is 154 Å². The lowest BCUT2D eigenvalue weighted by Crippen LogP contribution is -2.38. The Morgan fingerprint density at radius 1 is 1.00 bits per heavy atom. The first-order valence-electron chi connectivity index (χ1n) is 7.49. The summed E-state index contributed by atoms with van der Waals surface area (Å²) in [4.78, 5) is 11.6. The Morgan fingerprint density at radius 2 is 1.76 bits per heavy atom. The van der Waals surface area contributed by atoms with Crippen molar-refractivity contribution in [2.45, 2.75) is 6.42 Å². The van der Waals surface area contributed by atoms with Gasteiger partial charge >= 0.3 is 6.03 Å². The van der Waals surface area contributed by atoms with Gasteiger partial charge in [0.1, 0.15) is 12.4 Å². The van der Waals surface area contributed by atoms with E-state index < -0.39 is 11.6 Å². The summed E-state index contributed by atoms with van der Waals surface area (Å²) in [7, 11) is 0. The fourth-order valence-electron chi connectivity index (χ4n) is 2.00. The number of amides is 2. The molecule has 0 atom stereocenters. The average molecular weight is 389 g/mol. The topological polar surface area (TPSA) is 50.4 Å². The number of hydrogen-bond donors (Lipinski definition) is 2. The predicted octanol–water partition coefficient (Wildman–Crippen LogP) is 4.19. The molecule has 0 bridgehead atoms. The van der Waals surface area contributed by atoms with E-state index in [-0.39, 0.29) is 24.9 Å². The Kier molecular flexibility index (Phi) is 7.28. The van der Waals surface area contributed by atoms with Gasteiger partial charge in [-0.3, -0.25) is 0 Å². The highest BCUT2D eigenvalue weighted by Crippen LogP contribution is 2.21. The van der Waals surface area contributed by atoms with Crippen molar-refractivity contribution >= 4 is 29.2 Å². The van der Waals surface area contributed by atoms with Gasteiger partial charge in [0.2, 0.25) is 0 Å². The van der Waals surface area contributed by atoms with Crippen LogP contribution in [0, 0.1) is 11.6 Å². The largest absolute Gasteiger partial charge is 0.492 e. The molecule has 0 saturated carbocycles. The number of nitrogens with one attached hydrogen (secondary N) is 2. The maximum Gasteiger partial charge on any atom is 0.314 e. The summed E-state index contributed by atoms with van der Waals surface area (Å²) in [5.74, 6) is -1.73. The number of hydrogen-bond acceptors (Lipinski definition) is 2. The first-order chi connectivity index (χ1) is 12.0. The highest BCUT2D eigenvalue weighted by atomic mass is 35.5. The van der Waals surface area contributed by atoms with Crippen LogP contribution >= 0.6 is 23.2 Å². The quantitative estimate of drug-likeness (QED) is 0.698. The summed E-state index contributed by atoms with van der Waals surface area (Å²) in [6, 6.07) is 8.07. The van der Waals surface area contributed by atoms with Crippen molar-refractivity contribution in [3.05, 3.63) is 63.6 Å². The van der Waals surface area contributed by atoms with Crippen LogP contribution < -0.4 is 15.4 Å². The normalized spacial score (nSPS) is 10.4. The Bertz CT molecular complexity index is 745. The average Bonchev–Trinajstić information content (AvgIpc) is 2.57. The van der Waals surface area contributed by atoms with Gasteiger partial charge in [0.05, 0.1) is 6.54 Å². The summed E-state index contributed by atoms with van der Waals surface area (Å²) >= 11 is 11.9. The minimum absolute atomic E-state index is 0.126. The summed E-state index contributed by atoms with van der Waals surface area (Å²) in [5, 5.41) is 6.38. The summed E-state index contributed by atoms with van der Waals surface area (Å²) in [6.07, 6.45) is 0.564. The molecule has 0 aliphatic heterocycles. The third kappa shape index (κ3) is 6.40. The Balaban J connectivity index is 1.63. The molecule has 2 amide bonds. The molecule has 0 aliphatic carbocycles. The van der Waals surface area contributed by atoms with Crippen LogP contribution in [-0.2, 0) is 6.42 Å². The molecule has 0 aliphatic rings. The van der Waals surface area contributed by atoms with Gasteiger partial charge in [0, 0.05) is 22.7 Å². The summed E-state index contributed by atoms with van der Waals surface area (Å²) < 4.78 is 31.0. The molecule has 4 nitrogen and oxygen atoms in total. The Morgan fingerprint density at radius 3 is 2.48 bits per heavy atom. The van der Waals surface area contributed by atoms with Crippen LogP contribution in [0.5, 0.6) is 5.75 Å². The van der Waals surface area contributed by atoms with Crippen molar-refractivity contribution in [1.29, 1.82) is 0 Å². The monoisotopic (exact) mass is 388 g/mol. The van der Waals surface area contributed by atoms with Crippen molar-refractivity contribution in [3.8, 4) is 5.75 Å². The van der Waals surface area contributed by atoms with Gasteiger partial charge in [-0.25, -0.2) is 13.6 Å². The fraction of sp³-hybridized carbons (Fsp3) is 0.235. The van der Waals surface area contributed by atoms with Crippen LogP contribution in [0.15, 0.2) is 36.4 Å². The van der Waals surface area contributed by atoms with E-state index in [9.17, 15) is 13.6 Å². The summed E-state index contributed by atoms with van der Waals surface area (Å²) in [5.41, 5.74) is 0.882. The zero-order chi connectivity index (χ0) is 18.2. The van der Waals surface area contributed by atoms with Crippen molar-refractivity contribution < 1.29 is 18.3 Å². The maximum atomic E-state index is 13.0. The smallest absolute Gasteiger partial charge is 0.314 e. The van der Waals surface area contributed by atoms with Crippen molar-refractivity contribution in [3.63, 3.8) is 0 Å². The second kappa shape index (κ2) is 9.44. The molecule has 0 heterocycles. The van der Waals surface area contributed by atoms with Crippen molar-refractivity contribution in [2.75, 3.05) is 19.7 Å². The van der Waals surface area contributed by atoms with E-state index in [4.69, 9.17) is 27.9 Å². The van der Waals surface area contributed by atoms with Gasteiger partial charge in [-0.05, 0) is 36.2 Å². The molecular weight excluding hydrogens is 373 g/mol. The molecule has 134 valence electrons. The molecule has 25 heavy (non-hydrogen) atoms. The number of rotatable bonds is 7. The van der Waals surface area contributed by atoms with Crippen LogP contribution in [0.3, 0.4) is 0 Å². The molecule has 0 aromatic heterocycles. The van der Waals surface area contributed by atoms with Crippen molar-refractivity contribution in [2.24, 2.45) is 0 Å². The van der Waals surface area contributed by atoms with E-state index in [1.807, 2.05) is 0 Å². The van der Waals surface area contributed by atoms with E-state index in [2.05, 4.69) is 10.6 Å². The highest BCUT2D eigenvalue weighted by Gasteiger charge is 2.05. The van der Waals surface area contributed by atoms with Gasteiger partial charge in [0.25, 0.3) is 0 Å².